The summed E-state index contributed by atoms with van der Waals surface area (Å²) in [7, 11) is 0. The molecule has 5 heteroatoms. The molecule has 0 aromatic carbocycles. The van der Waals surface area contributed by atoms with E-state index in [9.17, 15) is 14.7 Å². The molecule has 2 rings (SSSR count). The third-order valence-electron chi connectivity index (χ3n) is 3.47. The molecule has 2 fully saturated rings. The Kier molecular flexibility index (Phi) is 2.60. The van der Waals surface area contributed by atoms with Gasteiger partial charge >= 0.3 is 12.1 Å². The van der Waals surface area contributed by atoms with Crippen molar-refractivity contribution in [1.29, 1.82) is 0 Å². The summed E-state index contributed by atoms with van der Waals surface area (Å²) in [5.41, 5.74) is -1.56. The molecule has 1 N–H and O–H groups in total. The van der Waals surface area contributed by atoms with E-state index in [1.807, 2.05) is 0 Å². The van der Waals surface area contributed by atoms with Crippen LogP contribution in [-0.2, 0) is 9.53 Å². The van der Waals surface area contributed by atoms with Crippen molar-refractivity contribution in [2.75, 3.05) is 6.54 Å². The number of rotatable bonds is 1. The van der Waals surface area contributed by atoms with E-state index in [2.05, 4.69) is 0 Å². The standard InChI is InChI=1S/C12H19NO4/c1-11(2,3)17-10(16)13-6-4-5-8-7-12(8,13)9(14)15/h8H,4-7H2,1-3H3,(H,14,15)/t8-,12-/m0/s1. The number of ether oxygens (including phenoxy) is 1. The SMILES string of the molecule is CC(C)(C)OC(=O)N1CCC[C@H]2C[C@@]21C(=O)O. The van der Waals surface area contributed by atoms with Crippen LogP contribution >= 0.6 is 0 Å². The molecule has 0 radical (unpaired) electrons. The zero-order valence-electron chi connectivity index (χ0n) is 10.5. The predicted octanol–water partition coefficient (Wildman–Crippen LogP) is 1.86. The van der Waals surface area contributed by atoms with Crippen LogP contribution in [0.15, 0.2) is 0 Å². The Morgan fingerprint density at radius 2 is 2.06 bits per heavy atom. The van der Waals surface area contributed by atoms with Crippen molar-refractivity contribution in [3.05, 3.63) is 0 Å². The van der Waals surface area contributed by atoms with Crippen LogP contribution in [0.4, 0.5) is 4.79 Å². The molecule has 0 unspecified atom stereocenters. The van der Waals surface area contributed by atoms with Crippen molar-refractivity contribution in [3.63, 3.8) is 0 Å². The van der Waals surface area contributed by atoms with Crippen molar-refractivity contribution >= 4 is 12.1 Å². The summed E-state index contributed by atoms with van der Waals surface area (Å²) in [6, 6.07) is 0. The lowest BCUT2D eigenvalue weighted by Crippen LogP contribution is -2.52. The number of amides is 1. The molecule has 17 heavy (non-hydrogen) atoms. The van der Waals surface area contributed by atoms with E-state index in [1.165, 1.54) is 4.90 Å². The third kappa shape index (κ3) is 1.98. The number of hydrogen-bond acceptors (Lipinski definition) is 3. The van der Waals surface area contributed by atoms with Crippen LogP contribution in [0.3, 0.4) is 0 Å². The molecule has 0 bridgehead atoms. The molecule has 1 aliphatic carbocycles. The zero-order valence-corrected chi connectivity index (χ0v) is 10.5. The average molecular weight is 241 g/mol. The smallest absolute Gasteiger partial charge is 0.411 e. The summed E-state index contributed by atoms with van der Waals surface area (Å²) in [4.78, 5) is 24.8. The lowest BCUT2D eigenvalue weighted by molar-refractivity contribution is -0.146. The van der Waals surface area contributed by atoms with Crippen LogP contribution in [0.2, 0.25) is 0 Å². The van der Waals surface area contributed by atoms with Gasteiger partial charge in [-0.3, -0.25) is 4.90 Å². The molecule has 2 atom stereocenters. The highest BCUT2D eigenvalue weighted by molar-refractivity contribution is 5.88. The minimum atomic E-state index is -0.972. The molecule has 1 saturated heterocycles. The maximum Gasteiger partial charge on any atom is 0.411 e. The van der Waals surface area contributed by atoms with Gasteiger partial charge in [0.25, 0.3) is 0 Å². The molecule has 0 aromatic heterocycles. The summed E-state index contributed by atoms with van der Waals surface area (Å²) >= 11 is 0. The zero-order chi connectivity index (χ0) is 12.8. The summed E-state index contributed by atoms with van der Waals surface area (Å²) in [5, 5.41) is 9.31. The number of carboxylic acid groups (broad SMARTS) is 1. The topological polar surface area (TPSA) is 66.8 Å². The van der Waals surface area contributed by atoms with E-state index >= 15 is 0 Å². The molecule has 1 aliphatic heterocycles. The van der Waals surface area contributed by atoms with Crippen LogP contribution in [0.5, 0.6) is 0 Å². The first-order valence-corrected chi connectivity index (χ1v) is 6.01. The number of carbonyl (C=O) groups is 2. The van der Waals surface area contributed by atoms with Gasteiger partial charge in [0.1, 0.15) is 11.1 Å². The normalized spacial score (nSPS) is 31.7. The fourth-order valence-electron chi connectivity index (χ4n) is 2.63. The maximum atomic E-state index is 12.0. The molecular weight excluding hydrogens is 222 g/mol. The summed E-state index contributed by atoms with van der Waals surface area (Å²) in [5.74, 6) is -0.783. The first kappa shape index (κ1) is 12.2. The lowest BCUT2D eigenvalue weighted by Gasteiger charge is -2.34. The van der Waals surface area contributed by atoms with Gasteiger partial charge in [-0.2, -0.15) is 0 Å². The molecule has 96 valence electrons. The van der Waals surface area contributed by atoms with Gasteiger partial charge in [0.05, 0.1) is 0 Å². The number of nitrogens with zero attached hydrogens (tertiary/aromatic N) is 1. The first-order chi connectivity index (χ1) is 7.77. The van der Waals surface area contributed by atoms with Crippen LogP contribution in [0, 0.1) is 5.92 Å². The Balaban J connectivity index is 2.14. The Bertz CT molecular complexity index is 360. The third-order valence-corrected chi connectivity index (χ3v) is 3.47. The quantitative estimate of drug-likeness (QED) is 0.761. The summed E-state index contributed by atoms with van der Waals surface area (Å²) in [6.45, 7) is 5.84. The highest BCUT2D eigenvalue weighted by atomic mass is 16.6. The van der Waals surface area contributed by atoms with Crippen molar-refractivity contribution in [2.24, 2.45) is 5.92 Å². The van der Waals surface area contributed by atoms with E-state index in [1.54, 1.807) is 20.8 Å². The lowest BCUT2D eigenvalue weighted by atomic mass is 10.0. The van der Waals surface area contributed by atoms with E-state index in [0.717, 1.165) is 12.8 Å². The van der Waals surface area contributed by atoms with Crippen LogP contribution in [0.25, 0.3) is 0 Å². The largest absolute Gasteiger partial charge is 0.479 e. The van der Waals surface area contributed by atoms with Crippen molar-refractivity contribution < 1.29 is 19.4 Å². The number of carboxylic acids is 1. The monoisotopic (exact) mass is 241 g/mol. The van der Waals surface area contributed by atoms with E-state index < -0.39 is 23.2 Å². The molecule has 0 aromatic rings. The Labute approximate surface area is 101 Å². The van der Waals surface area contributed by atoms with Gasteiger partial charge in [0.15, 0.2) is 0 Å². The number of hydrogen-bond donors (Lipinski definition) is 1. The predicted molar refractivity (Wildman–Crippen MR) is 60.6 cm³/mol. The first-order valence-electron chi connectivity index (χ1n) is 6.01. The van der Waals surface area contributed by atoms with Gasteiger partial charge < -0.3 is 9.84 Å². The van der Waals surface area contributed by atoms with Gasteiger partial charge in [-0.05, 0) is 46.0 Å². The molecule has 1 saturated carbocycles. The van der Waals surface area contributed by atoms with E-state index in [0.29, 0.717) is 13.0 Å². The number of fused-ring (bicyclic) bond motifs is 1. The maximum absolute atomic E-state index is 12.0. The number of carbonyl (C=O) groups excluding carboxylic acids is 1. The van der Waals surface area contributed by atoms with Gasteiger partial charge in [0, 0.05) is 6.54 Å². The molecule has 5 nitrogen and oxygen atoms in total. The van der Waals surface area contributed by atoms with Crippen molar-refractivity contribution in [2.45, 2.75) is 51.2 Å². The minimum absolute atomic E-state index is 0.112. The minimum Gasteiger partial charge on any atom is -0.479 e. The molecule has 0 spiro atoms. The van der Waals surface area contributed by atoms with Crippen LogP contribution in [-0.4, -0.2) is 39.8 Å². The Morgan fingerprint density at radius 1 is 1.41 bits per heavy atom. The number of aliphatic carboxylic acids is 1. The van der Waals surface area contributed by atoms with Gasteiger partial charge in [0.2, 0.25) is 0 Å². The molecule has 1 heterocycles. The average Bonchev–Trinajstić information content (AvgIpc) is 2.88. The summed E-state index contributed by atoms with van der Waals surface area (Å²) in [6.07, 6.45) is 1.83. The van der Waals surface area contributed by atoms with E-state index in [4.69, 9.17) is 4.74 Å². The fraction of sp³-hybridized carbons (Fsp3) is 0.833. The summed E-state index contributed by atoms with van der Waals surface area (Å²) < 4.78 is 5.27. The van der Waals surface area contributed by atoms with E-state index in [-0.39, 0.29) is 5.92 Å². The van der Waals surface area contributed by atoms with Gasteiger partial charge in [-0.15, -0.1) is 0 Å². The van der Waals surface area contributed by atoms with Crippen molar-refractivity contribution in [1.82, 2.24) is 4.90 Å². The van der Waals surface area contributed by atoms with Gasteiger partial charge in [-0.1, -0.05) is 0 Å². The fourth-order valence-corrected chi connectivity index (χ4v) is 2.63. The molecule has 1 amide bonds. The second-order valence-electron chi connectivity index (χ2n) is 5.90. The number of likely N-dealkylation sites (tertiary alicyclic amines) is 1. The Hall–Kier alpha value is -1.26. The Morgan fingerprint density at radius 3 is 2.59 bits per heavy atom. The van der Waals surface area contributed by atoms with Crippen LogP contribution in [0.1, 0.15) is 40.0 Å². The second-order valence-corrected chi connectivity index (χ2v) is 5.90. The molecular formula is C12H19NO4. The number of piperidine rings is 1. The highest BCUT2D eigenvalue weighted by Gasteiger charge is 2.67. The highest BCUT2D eigenvalue weighted by Crippen LogP contribution is 2.54. The van der Waals surface area contributed by atoms with Crippen LogP contribution < -0.4 is 0 Å². The molecule has 2 aliphatic rings. The van der Waals surface area contributed by atoms with Crippen molar-refractivity contribution in [3.8, 4) is 0 Å². The second kappa shape index (κ2) is 3.62. The van der Waals surface area contributed by atoms with Gasteiger partial charge in [-0.25, -0.2) is 9.59 Å².